The molecule has 0 aliphatic rings. The van der Waals surface area contributed by atoms with Crippen molar-refractivity contribution in [3.63, 3.8) is 0 Å². The van der Waals surface area contributed by atoms with E-state index in [1.807, 2.05) is 18.2 Å². The second kappa shape index (κ2) is 30.0. The van der Waals surface area contributed by atoms with Gasteiger partial charge in [-0.05, 0) is 125 Å². The molecule has 0 radical (unpaired) electrons. The lowest BCUT2D eigenvalue weighted by Gasteiger charge is -2.28. The van der Waals surface area contributed by atoms with Gasteiger partial charge in [-0.2, -0.15) is 0 Å². The first-order valence-electron chi connectivity index (χ1n) is 27.5. The Labute approximate surface area is 466 Å². The number of hydrogen-bond acceptors (Lipinski definition) is 9. The first kappa shape index (κ1) is 59.8. The Kier molecular flexibility index (Phi) is 23.0. The lowest BCUT2D eigenvalue weighted by atomic mass is 9.88. The van der Waals surface area contributed by atoms with Crippen LogP contribution in [0.1, 0.15) is 180 Å². The number of hydrogen-bond donors (Lipinski definition) is 0. The van der Waals surface area contributed by atoms with Gasteiger partial charge in [-0.15, -0.1) is 0 Å². The van der Waals surface area contributed by atoms with Crippen molar-refractivity contribution >= 4 is 0 Å². The molecule has 0 aliphatic heterocycles. The number of ether oxygens (including phenoxy) is 9. The van der Waals surface area contributed by atoms with Crippen LogP contribution in [0.5, 0.6) is 0 Å². The monoisotopic (exact) mass is 1060 g/mol. The molecule has 0 aliphatic carbocycles. The molecule has 414 valence electrons. The van der Waals surface area contributed by atoms with Gasteiger partial charge in [-0.1, -0.05) is 164 Å². The van der Waals surface area contributed by atoms with Crippen molar-refractivity contribution in [3.05, 3.63) is 247 Å². The molecule has 0 aromatic heterocycles. The summed E-state index contributed by atoms with van der Waals surface area (Å²) in [6.45, 7) is 13.7. The summed E-state index contributed by atoms with van der Waals surface area (Å²) in [6, 6.07) is 58.2. The Morgan fingerprint density at radius 2 is 0.436 bits per heavy atom. The van der Waals surface area contributed by atoms with Gasteiger partial charge < -0.3 is 42.6 Å². The van der Waals surface area contributed by atoms with Crippen molar-refractivity contribution in [2.75, 3.05) is 42.7 Å². The third-order valence-electron chi connectivity index (χ3n) is 15.3. The number of benzene rings is 7. The summed E-state index contributed by atoms with van der Waals surface area (Å²) in [4.78, 5) is 0. The molecule has 9 heteroatoms. The van der Waals surface area contributed by atoms with Crippen LogP contribution in [0, 0.1) is 0 Å². The van der Waals surface area contributed by atoms with Crippen molar-refractivity contribution in [1.82, 2.24) is 0 Å². The zero-order chi connectivity index (χ0) is 55.6. The summed E-state index contributed by atoms with van der Waals surface area (Å²) < 4.78 is 57.3. The van der Waals surface area contributed by atoms with Gasteiger partial charge in [0.15, 0.2) is 0 Å². The quantitative estimate of drug-likeness (QED) is 0.0437. The van der Waals surface area contributed by atoms with E-state index in [2.05, 4.69) is 187 Å². The fourth-order valence-electron chi connectivity index (χ4n) is 9.85. The van der Waals surface area contributed by atoms with Crippen LogP contribution in [0.4, 0.5) is 0 Å². The highest BCUT2D eigenvalue weighted by Gasteiger charge is 2.26. The Balaban J connectivity index is 1.47. The van der Waals surface area contributed by atoms with Gasteiger partial charge >= 0.3 is 0 Å². The van der Waals surface area contributed by atoms with Crippen molar-refractivity contribution in [2.45, 2.75) is 136 Å². The van der Waals surface area contributed by atoms with Crippen molar-refractivity contribution in [3.8, 4) is 0 Å². The summed E-state index contributed by atoms with van der Waals surface area (Å²) in [6.07, 6.45) is -0.319. The minimum absolute atomic E-state index is 0.132. The van der Waals surface area contributed by atoms with E-state index < -0.39 is 18.3 Å². The first-order valence-corrected chi connectivity index (χ1v) is 27.5. The summed E-state index contributed by atoms with van der Waals surface area (Å²) >= 11 is 0. The average molecular weight is 1060 g/mol. The maximum Gasteiger partial charge on any atom is 0.0870 e. The second-order valence-electron chi connectivity index (χ2n) is 20.7. The summed E-state index contributed by atoms with van der Waals surface area (Å²) in [5, 5.41) is 0. The molecular formula is C69H84O9. The van der Waals surface area contributed by atoms with E-state index in [0.717, 1.165) is 83.5 Å². The lowest BCUT2D eigenvalue weighted by Crippen LogP contribution is -2.16. The van der Waals surface area contributed by atoms with Crippen LogP contribution >= 0.6 is 0 Å². The fourth-order valence-corrected chi connectivity index (χ4v) is 9.85. The van der Waals surface area contributed by atoms with E-state index in [0.29, 0.717) is 39.1 Å². The van der Waals surface area contributed by atoms with Gasteiger partial charge in [0, 0.05) is 61.9 Å². The van der Waals surface area contributed by atoms with Crippen LogP contribution in [0.2, 0.25) is 0 Å². The van der Waals surface area contributed by atoms with Crippen LogP contribution in [0.15, 0.2) is 164 Å². The van der Waals surface area contributed by atoms with Crippen LogP contribution in [0.25, 0.3) is 0 Å². The summed E-state index contributed by atoms with van der Waals surface area (Å²) in [7, 11) is 10.5. The highest BCUT2D eigenvalue weighted by molar-refractivity contribution is 5.41. The largest absolute Gasteiger partial charge is 0.377 e. The maximum absolute atomic E-state index is 7.25. The van der Waals surface area contributed by atoms with Gasteiger partial charge in [0.1, 0.15) is 0 Å². The minimum atomic E-state index is -0.410. The first-order chi connectivity index (χ1) is 37.8. The van der Waals surface area contributed by atoms with Gasteiger partial charge in [-0.25, -0.2) is 0 Å². The molecule has 0 amide bonds. The lowest BCUT2D eigenvalue weighted by molar-refractivity contribution is 0.0310. The zero-order valence-electron chi connectivity index (χ0n) is 48.2. The Morgan fingerprint density at radius 3 is 0.628 bits per heavy atom. The van der Waals surface area contributed by atoms with Crippen LogP contribution in [0.3, 0.4) is 0 Å². The Hall–Kier alpha value is -5.82. The van der Waals surface area contributed by atoms with Gasteiger partial charge in [0.05, 0.1) is 74.8 Å². The number of methoxy groups -OCH3 is 6. The molecular weight excluding hydrogens is 973 g/mol. The van der Waals surface area contributed by atoms with Gasteiger partial charge in [0.25, 0.3) is 0 Å². The molecule has 7 aromatic carbocycles. The summed E-state index contributed by atoms with van der Waals surface area (Å²) in [5.74, 6) is 0. The fraction of sp³-hybridized carbons (Fsp3) is 0.391. The molecule has 0 fully saturated rings. The molecule has 0 spiro atoms. The normalized spacial score (nSPS) is 15.2. The van der Waals surface area contributed by atoms with E-state index in [1.54, 1.807) is 42.7 Å². The van der Waals surface area contributed by atoms with Crippen molar-refractivity contribution in [2.24, 2.45) is 0 Å². The SMILES string of the molecule is CO[C@H](C)c1cc(C[C@@H](OCc2ccccc2)c2cc([C@@H](Cc3cc([C@@H](C)OC)cc([C@@H](C)OC)c3)OCc3ccccc3)cc([C@@H](Cc3cc([C@@H](C)OC)cc([C@@H](C)OC)c3)OCc3ccccc3)c2)cc([C@@H](C)OC)c1. The molecule has 7 rings (SSSR count). The number of rotatable bonds is 30. The average Bonchev–Trinajstić information content (AvgIpc) is 3.50. The molecule has 0 N–H and O–H groups in total. The molecule has 78 heavy (non-hydrogen) atoms. The van der Waals surface area contributed by atoms with Crippen molar-refractivity contribution in [1.29, 1.82) is 0 Å². The topological polar surface area (TPSA) is 83.1 Å². The second-order valence-corrected chi connectivity index (χ2v) is 20.7. The molecule has 0 heterocycles. The van der Waals surface area contributed by atoms with E-state index >= 15 is 0 Å². The smallest absolute Gasteiger partial charge is 0.0870 e. The predicted molar refractivity (Wildman–Crippen MR) is 311 cm³/mol. The molecule has 0 bridgehead atoms. The van der Waals surface area contributed by atoms with E-state index in [9.17, 15) is 0 Å². The van der Waals surface area contributed by atoms with Gasteiger partial charge in [0.2, 0.25) is 0 Å². The highest BCUT2D eigenvalue weighted by Crippen LogP contribution is 2.38. The molecule has 9 atom stereocenters. The van der Waals surface area contributed by atoms with Crippen LogP contribution in [-0.4, -0.2) is 42.7 Å². The third kappa shape index (κ3) is 16.9. The van der Waals surface area contributed by atoms with Crippen LogP contribution in [-0.2, 0) is 81.7 Å². The molecule has 0 saturated heterocycles. The molecule has 0 saturated carbocycles. The molecule has 9 nitrogen and oxygen atoms in total. The Bertz CT molecular complexity index is 2480. The van der Waals surface area contributed by atoms with E-state index in [-0.39, 0.29) is 36.6 Å². The zero-order valence-corrected chi connectivity index (χ0v) is 48.2. The van der Waals surface area contributed by atoms with Crippen molar-refractivity contribution < 1.29 is 42.6 Å². The van der Waals surface area contributed by atoms with E-state index in [1.165, 1.54) is 0 Å². The summed E-state index contributed by atoms with van der Waals surface area (Å²) in [5.41, 5.74) is 16.1. The van der Waals surface area contributed by atoms with E-state index in [4.69, 9.17) is 42.6 Å². The Morgan fingerprint density at radius 1 is 0.244 bits per heavy atom. The molecule has 0 unspecified atom stereocenters. The minimum Gasteiger partial charge on any atom is -0.377 e. The third-order valence-corrected chi connectivity index (χ3v) is 15.3. The van der Waals surface area contributed by atoms with Crippen LogP contribution < -0.4 is 0 Å². The maximum atomic E-state index is 7.25. The molecule has 7 aromatic rings. The standard InChI is InChI=1S/C69H84O9/c1-46(70-7)58-28-55(29-59(37-58)47(2)71-8)34-67(76-43-52-22-16-13-17-23-52)64-40-65(68(77-44-53-24-18-14-19-25-53)35-56-30-60(48(3)72-9)38-61(31-56)49(4)73-10)42-66(41-64)69(78-45-54-26-20-15-21-27-54)36-57-32-62(50(5)74-11)39-63(33-57)51(6)75-12/h13-33,37-42,46-51,67-69H,34-36,43-45H2,1-12H3/t46-,47-,48-,49-,50-,51-,67-,68-,69-/m1/s1. The van der Waals surface area contributed by atoms with Gasteiger partial charge in [-0.3, -0.25) is 0 Å². The predicted octanol–water partition coefficient (Wildman–Crippen LogP) is 16.4. The highest BCUT2D eigenvalue weighted by atomic mass is 16.5.